The van der Waals surface area contributed by atoms with Crippen LogP contribution in [0.3, 0.4) is 0 Å². The topological polar surface area (TPSA) is 84.0 Å². The lowest BCUT2D eigenvalue weighted by atomic mass is 10.3. The number of nitriles is 1. The molecule has 92 valence electrons. The summed E-state index contributed by atoms with van der Waals surface area (Å²) in [5.74, 6) is 0.714. The zero-order chi connectivity index (χ0) is 12.8. The number of ether oxygens (including phenoxy) is 1. The lowest BCUT2D eigenvalue weighted by molar-refractivity contribution is 0.262. The second kappa shape index (κ2) is 5.80. The number of nitrogens with zero attached hydrogens (tertiary/aromatic N) is 4. The van der Waals surface area contributed by atoms with Gasteiger partial charge in [0.2, 0.25) is 0 Å². The maximum absolute atomic E-state index is 9.14. The summed E-state index contributed by atoms with van der Waals surface area (Å²) >= 11 is 0. The van der Waals surface area contributed by atoms with Crippen molar-refractivity contribution in [1.29, 1.82) is 5.26 Å². The Hall–Kier alpha value is -2.39. The molecule has 18 heavy (non-hydrogen) atoms. The van der Waals surface area contributed by atoms with Crippen LogP contribution in [0.4, 0.5) is 0 Å². The van der Waals surface area contributed by atoms with Gasteiger partial charge in [-0.15, -0.1) is 5.10 Å². The third-order valence-electron chi connectivity index (χ3n) is 2.41. The van der Waals surface area contributed by atoms with Crippen LogP contribution in [0.25, 0.3) is 0 Å². The van der Waals surface area contributed by atoms with E-state index in [0.717, 1.165) is 0 Å². The maximum atomic E-state index is 9.14. The Labute approximate surface area is 104 Å². The van der Waals surface area contributed by atoms with Gasteiger partial charge in [0, 0.05) is 0 Å². The highest BCUT2D eigenvalue weighted by molar-refractivity contribution is 5.21. The van der Waals surface area contributed by atoms with E-state index in [1.54, 1.807) is 0 Å². The van der Waals surface area contributed by atoms with Gasteiger partial charge in [0.05, 0.1) is 12.7 Å². The minimum Gasteiger partial charge on any atom is -0.487 e. The number of hydrogen-bond acceptors (Lipinski definition) is 5. The van der Waals surface area contributed by atoms with Crippen molar-refractivity contribution < 1.29 is 9.84 Å². The van der Waals surface area contributed by atoms with E-state index >= 15 is 0 Å². The Bertz CT molecular complexity index is 545. The second-order valence-corrected chi connectivity index (χ2v) is 3.56. The minimum atomic E-state index is -0.223. The molecule has 6 heteroatoms. The number of hydrogen-bond donors (Lipinski definition) is 1. The van der Waals surface area contributed by atoms with Crippen LogP contribution >= 0.6 is 0 Å². The average molecular weight is 244 g/mol. The van der Waals surface area contributed by atoms with Crippen LogP contribution in [-0.2, 0) is 19.8 Å². The standard InChI is InChI=1S/C12H12N4O2/c13-6-7-16-12(11(8-17)14-15-16)9-18-10-4-2-1-3-5-10/h1-5,17H,7-9H2. The van der Waals surface area contributed by atoms with E-state index in [1.165, 1.54) is 4.68 Å². The monoisotopic (exact) mass is 244 g/mol. The van der Waals surface area contributed by atoms with Crippen molar-refractivity contribution in [2.75, 3.05) is 0 Å². The molecule has 0 bridgehead atoms. The summed E-state index contributed by atoms with van der Waals surface area (Å²) in [6.45, 7) is 0.0774. The summed E-state index contributed by atoms with van der Waals surface area (Å²) in [6.07, 6.45) is 0. The first kappa shape index (κ1) is 12.1. The fourth-order valence-corrected chi connectivity index (χ4v) is 1.51. The molecule has 2 rings (SSSR count). The normalized spacial score (nSPS) is 10.0. The molecule has 1 N–H and O–H groups in total. The smallest absolute Gasteiger partial charge is 0.132 e. The van der Waals surface area contributed by atoms with E-state index in [2.05, 4.69) is 10.3 Å². The third-order valence-corrected chi connectivity index (χ3v) is 2.41. The van der Waals surface area contributed by atoms with Crippen LogP contribution in [0.1, 0.15) is 11.4 Å². The van der Waals surface area contributed by atoms with Crippen molar-refractivity contribution in [3.8, 4) is 11.8 Å². The molecule has 0 aliphatic carbocycles. The van der Waals surface area contributed by atoms with E-state index < -0.39 is 0 Å². The van der Waals surface area contributed by atoms with Gasteiger partial charge < -0.3 is 9.84 Å². The van der Waals surface area contributed by atoms with E-state index in [4.69, 9.17) is 15.1 Å². The van der Waals surface area contributed by atoms with Crippen LogP contribution in [0.15, 0.2) is 30.3 Å². The lowest BCUT2D eigenvalue weighted by Crippen LogP contribution is -2.08. The molecule has 0 aliphatic rings. The van der Waals surface area contributed by atoms with Crippen molar-refractivity contribution in [3.05, 3.63) is 41.7 Å². The number of benzene rings is 1. The molecule has 2 aromatic rings. The summed E-state index contributed by atoms with van der Waals surface area (Å²) in [7, 11) is 0. The Morgan fingerprint density at radius 2 is 2.11 bits per heavy atom. The Morgan fingerprint density at radius 3 is 2.78 bits per heavy atom. The summed E-state index contributed by atoms with van der Waals surface area (Å²) in [4.78, 5) is 0. The number of para-hydroxylation sites is 1. The summed E-state index contributed by atoms with van der Waals surface area (Å²) < 4.78 is 6.98. The molecular weight excluding hydrogens is 232 g/mol. The van der Waals surface area contributed by atoms with Crippen LogP contribution in [0, 0.1) is 11.3 Å². The zero-order valence-electron chi connectivity index (χ0n) is 9.65. The molecule has 0 saturated carbocycles. The SMILES string of the molecule is N#CCn1nnc(CO)c1COc1ccccc1. The first-order valence-corrected chi connectivity index (χ1v) is 5.42. The quantitative estimate of drug-likeness (QED) is 0.843. The fourth-order valence-electron chi connectivity index (χ4n) is 1.51. The number of aliphatic hydroxyl groups excluding tert-OH is 1. The van der Waals surface area contributed by atoms with E-state index in [9.17, 15) is 0 Å². The zero-order valence-corrected chi connectivity index (χ0v) is 9.65. The number of aliphatic hydroxyl groups is 1. The maximum Gasteiger partial charge on any atom is 0.132 e. The van der Waals surface area contributed by atoms with Crippen molar-refractivity contribution in [2.45, 2.75) is 19.8 Å². The number of rotatable bonds is 5. The van der Waals surface area contributed by atoms with Crippen LogP contribution in [0.2, 0.25) is 0 Å². The highest BCUT2D eigenvalue weighted by Gasteiger charge is 2.12. The van der Waals surface area contributed by atoms with Gasteiger partial charge in [0.15, 0.2) is 0 Å². The molecule has 6 nitrogen and oxygen atoms in total. The minimum absolute atomic E-state index is 0.0838. The summed E-state index contributed by atoms with van der Waals surface area (Å²) in [5, 5.41) is 25.4. The van der Waals surface area contributed by atoms with Gasteiger partial charge in [-0.05, 0) is 12.1 Å². The second-order valence-electron chi connectivity index (χ2n) is 3.56. The molecule has 0 spiro atoms. The molecule has 0 atom stereocenters. The highest BCUT2D eigenvalue weighted by atomic mass is 16.5. The van der Waals surface area contributed by atoms with Crippen molar-refractivity contribution in [3.63, 3.8) is 0 Å². The largest absolute Gasteiger partial charge is 0.487 e. The Kier molecular flexibility index (Phi) is 3.89. The molecule has 1 heterocycles. The first-order chi connectivity index (χ1) is 8.85. The molecule has 1 aromatic carbocycles. The van der Waals surface area contributed by atoms with E-state index in [1.807, 2.05) is 36.4 Å². The third kappa shape index (κ3) is 2.64. The van der Waals surface area contributed by atoms with Gasteiger partial charge in [-0.2, -0.15) is 5.26 Å². The highest BCUT2D eigenvalue weighted by Crippen LogP contribution is 2.13. The van der Waals surface area contributed by atoms with Gasteiger partial charge in [0.25, 0.3) is 0 Å². The first-order valence-electron chi connectivity index (χ1n) is 5.42. The predicted molar refractivity (Wildman–Crippen MR) is 62.3 cm³/mol. The molecule has 0 fully saturated rings. The molecule has 0 saturated heterocycles. The summed E-state index contributed by atoms with van der Waals surface area (Å²) in [5.41, 5.74) is 1.05. The van der Waals surface area contributed by atoms with Crippen LogP contribution < -0.4 is 4.74 Å². The van der Waals surface area contributed by atoms with E-state index in [0.29, 0.717) is 17.1 Å². The van der Waals surface area contributed by atoms with Gasteiger partial charge in [-0.25, -0.2) is 4.68 Å². The van der Waals surface area contributed by atoms with Crippen molar-refractivity contribution in [1.82, 2.24) is 15.0 Å². The summed E-state index contributed by atoms with van der Waals surface area (Å²) in [6, 6.07) is 11.3. The predicted octanol–water partition coefficient (Wildman–Crippen LogP) is 0.873. The van der Waals surface area contributed by atoms with Gasteiger partial charge >= 0.3 is 0 Å². The Morgan fingerprint density at radius 1 is 1.33 bits per heavy atom. The van der Waals surface area contributed by atoms with Crippen LogP contribution in [0.5, 0.6) is 5.75 Å². The van der Waals surface area contributed by atoms with E-state index in [-0.39, 0.29) is 19.8 Å². The molecule has 0 amide bonds. The van der Waals surface area contributed by atoms with Gasteiger partial charge in [-0.1, -0.05) is 23.4 Å². The lowest BCUT2D eigenvalue weighted by Gasteiger charge is -2.07. The Balaban J connectivity index is 2.13. The molecular formula is C12H12N4O2. The van der Waals surface area contributed by atoms with Gasteiger partial charge in [-0.3, -0.25) is 0 Å². The molecule has 0 aliphatic heterocycles. The fraction of sp³-hybridized carbons (Fsp3) is 0.250. The molecule has 1 aromatic heterocycles. The van der Waals surface area contributed by atoms with Gasteiger partial charge in [0.1, 0.15) is 30.3 Å². The van der Waals surface area contributed by atoms with Crippen molar-refractivity contribution in [2.24, 2.45) is 0 Å². The number of aromatic nitrogens is 3. The average Bonchev–Trinajstić information content (AvgIpc) is 2.80. The molecule has 0 unspecified atom stereocenters. The van der Waals surface area contributed by atoms with Crippen LogP contribution in [-0.4, -0.2) is 20.1 Å². The molecule has 0 radical (unpaired) electrons. The van der Waals surface area contributed by atoms with Crippen molar-refractivity contribution >= 4 is 0 Å².